The number of para-hydroxylation sites is 1. The smallest absolute Gasteiger partial charge is 0.108 e. The van der Waals surface area contributed by atoms with Gasteiger partial charge in [-0.1, -0.05) is 19.1 Å². The van der Waals surface area contributed by atoms with Crippen molar-refractivity contribution in [1.82, 2.24) is 10.3 Å². The van der Waals surface area contributed by atoms with Crippen LogP contribution < -0.4 is 5.32 Å². The lowest BCUT2D eigenvalue weighted by Gasteiger charge is -2.09. The van der Waals surface area contributed by atoms with E-state index >= 15 is 0 Å². The molecule has 4 heteroatoms. The van der Waals surface area contributed by atoms with E-state index in [-0.39, 0.29) is 0 Å². The maximum atomic E-state index is 5.10. The van der Waals surface area contributed by atoms with E-state index in [9.17, 15) is 0 Å². The van der Waals surface area contributed by atoms with Crippen LogP contribution in [0, 0.1) is 5.92 Å². The normalized spacial score (nSPS) is 13.1. The number of hydrogen-bond donors (Lipinski definition) is 1. The number of nitrogens with zero attached hydrogens (tertiary/aromatic N) is 1. The molecular formula is C13H18N2OS. The van der Waals surface area contributed by atoms with Gasteiger partial charge in [0.2, 0.25) is 0 Å². The average Bonchev–Trinajstić information content (AvgIpc) is 2.71. The molecule has 1 aromatic heterocycles. The molecule has 0 saturated carbocycles. The summed E-state index contributed by atoms with van der Waals surface area (Å²) in [6.45, 7) is 4.78. The van der Waals surface area contributed by atoms with Crippen molar-refractivity contribution in [3.8, 4) is 0 Å². The monoisotopic (exact) mass is 250 g/mol. The molecule has 0 aliphatic heterocycles. The Kier molecular flexibility index (Phi) is 4.48. The zero-order valence-corrected chi connectivity index (χ0v) is 11.1. The molecule has 0 fully saturated rings. The Morgan fingerprint density at radius 3 is 3.00 bits per heavy atom. The highest BCUT2D eigenvalue weighted by Crippen LogP contribution is 2.21. The van der Waals surface area contributed by atoms with Gasteiger partial charge in [-0.2, -0.15) is 0 Å². The first-order chi connectivity index (χ1) is 8.29. The van der Waals surface area contributed by atoms with Gasteiger partial charge in [0.25, 0.3) is 0 Å². The van der Waals surface area contributed by atoms with E-state index in [0.29, 0.717) is 5.92 Å². The van der Waals surface area contributed by atoms with E-state index in [0.717, 1.165) is 30.2 Å². The number of methoxy groups -OCH3 is 1. The van der Waals surface area contributed by atoms with Gasteiger partial charge in [-0.05, 0) is 18.1 Å². The molecule has 0 spiro atoms. The standard InChI is InChI=1S/C13H18N2OS/c1-10(9-16-2)7-14-8-13-15-11-5-3-4-6-12(11)17-13/h3-6,10,14H,7-9H2,1-2H3. The van der Waals surface area contributed by atoms with Crippen molar-refractivity contribution in [1.29, 1.82) is 0 Å². The number of nitrogens with one attached hydrogen (secondary N) is 1. The molecule has 1 unspecified atom stereocenters. The third-order valence-electron chi connectivity index (χ3n) is 2.56. The number of aromatic nitrogens is 1. The lowest BCUT2D eigenvalue weighted by molar-refractivity contribution is 0.158. The van der Waals surface area contributed by atoms with E-state index in [1.165, 1.54) is 4.70 Å². The van der Waals surface area contributed by atoms with E-state index in [1.807, 2.05) is 6.07 Å². The summed E-state index contributed by atoms with van der Waals surface area (Å²) >= 11 is 1.76. The molecule has 17 heavy (non-hydrogen) atoms. The van der Waals surface area contributed by atoms with Crippen LogP contribution in [-0.2, 0) is 11.3 Å². The molecule has 2 rings (SSSR count). The van der Waals surface area contributed by atoms with Crippen LogP contribution in [-0.4, -0.2) is 25.2 Å². The number of hydrogen-bond acceptors (Lipinski definition) is 4. The fourth-order valence-electron chi connectivity index (χ4n) is 1.76. The fraction of sp³-hybridized carbons (Fsp3) is 0.462. The Labute approximate surface area is 106 Å². The highest BCUT2D eigenvalue weighted by Gasteiger charge is 2.04. The van der Waals surface area contributed by atoms with Gasteiger partial charge in [0, 0.05) is 26.8 Å². The second-order valence-corrected chi connectivity index (χ2v) is 5.38. The topological polar surface area (TPSA) is 34.1 Å². The zero-order chi connectivity index (χ0) is 12.1. The van der Waals surface area contributed by atoms with E-state index < -0.39 is 0 Å². The Balaban J connectivity index is 1.86. The number of thiazole rings is 1. The average molecular weight is 250 g/mol. The predicted molar refractivity (Wildman–Crippen MR) is 72.4 cm³/mol. The summed E-state index contributed by atoms with van der Waals surface area (Å²) in [5.74, 6) is 0.536. The first-order valence-electron chi connectivity index (χ1n) is 5.83. The third kappa shape index (κ3) is 3.49. The summed E-state index contributed by atoms with van der Waals surface area (Å²) in [7, 11) is 1.74. The van der Waals surface area contributed by atoms with Gasteiger partial charge in [0.1, 0.15) is 5.01 Å². The van der Waals surface area contributed by atoms with Gasteiger partial charge < -0.3 is 10.1 Å². The molecule has 0 aliphatic rings. The summed E-state index contributed by atoms with van der Waals surface area (Å²) in [5, 5.41) is 4.56. The lowest BCUT2D eigenvalue weighted by Crippen LogP contribution is -2.23. The number of benzene rings is 1. The minimum atomic E-state index is 0.536. The summed E-state index contributed by atoms with van der Waals surface area (Å²) in [5.41, 5.74) is 1.10. The minimum absolute atomic E-state index is 0.536. The Hall–Kier alpha value is -0.970. The van der Waals surface area contributed by atoms with E-state index in [4.69, 9.17) is 4.74 Å². The highest BCUT2D eigenvalue weighted by molar-refractivity contribution is 7.18. The van der Waals surface area contributed by atoms with Crippen LogP contribution in [0.25, 0.3) is 10.2 Å². The summed E-state index contributed by atoms with van der Waals surface area (Å²) in [4.78, 5) is 4.58. The van der Waals surface area contributed by atoms with Crippen LogP contribution in [0.2, 0.25) is 0 Å². The molecule has 0 aliphatic carbocycles. The molecule has 0 bridgehead atoms. The summed E-state index contributed by atoms with van der Waals surface area (Å²) < 4.78 is 6.36. The van der Waals surface area contributed by atoms with Crippen molar-refractivity contribution in [2.24, 2.45) is 5.92 Å². The van der Waals surface area contributed by atoms with Crippen molar-refractivity contribution >= 4 is 21.6 Å². The molecule has 1 aromatic carbocycles. The second-order valence-electron chi connectivity index (χ2n) is 4.27. The van der Waals surface area contributed by atoms with Crippen LogP contribution in [0.5, 0.6) is 0 Å². The van der Waals surface area contributed by atoms with Gasteiger partial charge in [0.05, 0.1) is 10.2 Å². The van der Waals surface area contributed by atoms with Crippen LogP contribution >= 0.6 is 11.3 Å². The molecule has 92 valence electrons. The molecule has 0 amide bonds. The van der Waals surface area contributed by atoms with Crippen LogP contribution in [0.3, 0.4) is 0 Å². The molecule has 3 nitrogen and oxygen atoms in total. The quantitative estimate of drug-likeness (QED) is 0.856. The van der Waals surface area contributed by atoms with Crippen LogP contribution in [0.15, 0.2) is 24.3 Å². The second kappa shape index (κ2) is 6.10. The summed E-state index contributed by atoms with van der Waals surface area (Å²) in [6.07, 6.45) is 0. The van der Waals surface area contributed by atoms with Crippen LogP contribution in [0.1, 0.15) is 11.9 Å². The molecule has 1 heterocycles. The Morgan fingerprint density at radius 2 is 2.24 bits per heavy atom. The number of ether oxygens (including phenoxy) is 1. The maximum Gasteiger partial charge on any atom is 0.108 e. The van der Waals surface area contributed by atoms with Gasteiger partial charge in [-0.3, -0.25) is 0 Å². The van der Waals surface area contributed by atoms with Crippen molar-refractivity contribution in [3.05, 3.63) is 29.3 Å². The third-order valence-corrected chi connectivity index (χ3v) is 3.59. The molecule has 1 N–H and O–H groups in total. The first kappa shape index (κ1) is 12.5. The van der Waals surface area contributed by atoms with E-state index in [2.05, 4.69) is 35.4 Å². The van der Waals surface area contributed by atoms with Gasteiger partial charge in [0.15, 0.2) is 0 Å². The van der Waals surface area contributed by atoms with Crippen molar-refractivity contribution in [2.45, 2.75) is 13.5 Å². The first-order valence-corrected chi connectivity index (χ1v) is 6.65. The largest absolute Gasteiger partial charge is 0.384 e. The highest BCUT2D eigenvalue weighted by atomic mass is 32.1. The minimum Gasteiger partial charge on any atom is -0.384 e. The predicted octanol–water partition coefficient (Wildman–Crippen LogP) is 2.67. The lowest BCUT2D eigenvalue weighted by atomic mass is 10.2. The zero-order valence-electron chi connectivity index (χ0n) is 10.3. The molecule has 0 radical (unpaired) electrons. The Bertz CT molecular complexity index is 436. The summed E-state index contributed by atoms with van der Waals surface area (Å²) in [6, 6.07) is 8.26. The number of fused-ring (bicyclic) bond motifs is 1. The van der Waals surface area contributed by atoms with Crippen LogP contribution in [0.4, 0.5) is 0 Å². The number of rotatable bonds is 6. The SMILES string of the molecule is COCC(C)CNCc1nc2ccccc2s1. The van der Waals surface area contributed by atoms with Gasteiger partial charge in [-0.15, -0.1) is 11.3 Å². The molecule has 0 saturated heterocycles. The fourth-order valence-corrected chi connectivity index (χ4v) is 2.70. The van der Waals surface area contributed by atoms with E-state index in [1.54, 1.807) is 18.4 Å². The molecular weight excluding hydrogens is 232 g/mol. The van der Waals surface area contributed by atoms with Gasteiger partial charge >= 0.3 is 0 Å². The van der Waals surface area contributed by atoms with Crippen molar-refractivity contribution in [3.63, 3.8) is 0 Å². The van der Waals surface area contributed by atoms with Gasteiger partial charge in [-0.25, -0.2) is 4.98 Å². The molecule has 2 aromatic rings. The maximum absolute atomic E-state index is 5.10. The van der Waals surface area contributed by atoms with Crippen molar-refractivity contribution < 1.29 is 4.74 Å². The molecule has 1 atom stereocenters. The Morgan fingerprint density at radius 1 is 1.41 bits per heavy atom. The van der Waals surface area contributed by atoms with Crippen molar-refractivity contribution in [2.75, 3.05) is 20.3 Å².